The molecule has 2 N–H and O–H groups in total. The summed E-state index contributed by atoms with van der Waals surface area (Å²) in [6, 6.07) is 10.5. The minimum atomic E-state index is -0.594. The van der Waals surface area contributed by atoms with E-state index in [1.165, 1.54) is 22.8 Å². The Morgan fingerprint density at radius 3 is 2.57 bits per heavy atom. The number of hydrogen-bond acceptors (Lipinski definition) is 6. The summed E-state index contributed by atoms with van der Waals surface area (Å²) in [5.41, 5.74) is 1.67. The molecule has 4 aliphatic heterocycles. The number of phenolic OH excluding ortho intramolecular Hbond substituents is 1. The van der Waals surface area contributed by atoms with Gasteiger partial charge in [-0.2, -0.15) is 0 Å². The van der Waals surface area contributed by atoms with Crippen molar-refractivity contribution < 1.29 is 9.50 Å². The van der Waals surface area contributed by atoms with Gasteiger partial charge in [0.1, 0.15) is 22.8 Å². The zero-order chi connectivity index (χ0) is 28.6. The number of aromatic hydroxyl groups is 1. The van der Waals surface area contributed by atoms with Crippen LogP contribution in [0.25, 0.3) is 27.4 Å². The Hall–Kier alpha value is -3.64. The predicted molar refractivity (Wildman–Crippen MR) is 163 cm³/mol. The molecule has 0 saturated carbocycles. The van der Waals surface area contributed by atoms with Gasteiger partial charge in [-0.3, -0.25) is 14.3 Å². The normalized spacial score (nSPS) is 23.0. The van der Waals surface area contributed by atoms with Crippen molar-refractivity contribution in [2.75, 3.05) is 31.1 Å². The molecule has 7 nitrogen and oxygen atoms in total. The molecule has 0 spiro atoms. The van der Waals surface area contributed by atoms with Gasteiger partial charge < -0.3 is 15.3 Å². The minimum absolute atomic E-state index is 0.0475. The molecule has 4 aliphatic rings. The van der Waals surface area contributed by atoms with Gasteiger partial charge in [0.2, 0.25) is 0 Å². The van der Waals surface area contributed by atoms with Gasteiger partial charge >= 0.3 is 0 Å². The smallest absolute Gasteiger partial charge is 0.281 e. The number of fused-ring (bicyclic) bond motifs is 5. The lowest BCUT2D eigenvalue weighted by Crippen LogP contribution is -2.51. The molecule has 4 aromatic rings. The Bertz CT molecular complexity index is 1870. The number of anilines is 1. The molecule has 4 fully saturated rings. The average Bonchev–Trinajstić information content (AvgIpc) is 3.67. The molecule has 0 radical (unpaired) electrons. The van der Waals surface area contributed by atoms with Gasteiger partial charge in [-0.05, 0) is 87.2 Å². The fourth-order valence-corrected chi connectivity index (χ4v) is 8.02. The molecular weight excluding hydrogens is 553 g/mol. The van der Waals surface area contributed by atoms with E-state index in [0.29, 0.717) is 39.8 Å². The fourth-order valence-electron chi connectivity index (χ4n) is 7.75. The lowest BCUT2D eigenvalue weighted by Gasteiger charge is -2.35. The Balaban J connectivity index is 1.33. The van der Waals surface area contributed by atoms with Gasteiger partial charge in [-0.15, -0.1) is 0 Å². The van der Waals surface area contributed by atoms with Crippen LogP contribution in [-0.4, -0.2) is 63.4 Å². The third-order valence-electron chi connectivity index (χ3n) is 9.70. The van der Waals surface area contributed by atoms with Crippen molar-refractivity contribution in [2.45, 2.75) is 56.1 Å². The first-order valence-electron chi connectivity index (χ1n) is 14.9. The van der Waals surface area contributed by atoms with Crippen LogP contribution in [0.3, 0.4) is 0 Å². The Kier molecular flexibility index (Phi) is 6.01. The molecule has 2 unspecified atom stereocenters. The number of benzene rings is 2. The fraction of sp³-hybridized carbons (Fsp3) is 0.394. The topological polar surface area (TPSA) is 73.6 Å². The Labute approximate surface area is 247 Å². The largest absolute Gasteiger partial charge is 0.508 e. The first-order valence-corrected chi connectivity index (χ1v) is 15.2. The number of aromatic nitrogens is 2. The van der Waals surface area contributed by atoms with E-state index in [2.05, 4.69) is 27.0 Å². The monoisotopic (exact) mass is 583 g/mol. The first kappa shape index (κ1) is 26.0. The van der Waals surface area contributed by atoms with Crippen molar-refractivity contribution in [3.05, 3.63) is 69.5 Å². The first-order chi connectivity index (χ1) is 20.4. The summed E-state index contributed by atoms with van der Waals surface area (Å²) in [5.74, 6) is 6.35. The van der Waals surface area contributed by atoms with E-state index in [1.54, 1.807) is 12.3 Å². The molecule has 8 rings (SSSR count). The molecule has 6 heterocycles. The number of hydrogen-bond donors (Lipinski definition) is 2. The van der Waals surface area contributed by atoms with Crippen LogP contribution in [0.5, 0.6) is 5.75 Å². The van der Waals surface area contributed by atoms with Gasteiger partial charge in [-0.1, -0.05) is 23.6 Å². The van der Waals surface area contributed by atoms with Crippen LogP contribution in [0.2, 0.25) is 5.02 Å². The zero-order valence-electron chi connectivity index (χ0n) is 23.2. The lowest BCUT2D eigenvalue weighted by molar-refractivity contribution is 0.261. The summed E-state index contributed by atoms with van der Waals surface area (Å²) >= 11 is 6.41. The SMILES string of the molecule is O=c1c2nc(C#CC34CCCN3CCC4)cc(N3CC4CCC(C3)N4)c2ccn1-c1cc(O)cc2ccc(F)c(Cl)c12. The summed E-state index contributed by atoms with van der Waals surface area (Å²) in [6.07, 6.45) is 8.39. The van der Waals surface area contributed by atoms with Crippen LogP contribution in [0.4, 0.5) is 10.1 Å². The van der Waals surface area contributed by atoms with Gasteiger partial charge in [0.05, 0.1) is 16.2 Å². The number of halogens is 2. The number of nitrogens with one attached hydrogen (secondary N) is 1. The van der Waals surface area contributed by atoms with E-state index in [4.69, 9.17) is 16.6 Å². The highest BCUT2D eigenvalue weighted by Gasteiger charge is 2.43. The molecule has 214 valence electrons. The molecule has 2 bridgehead atoms. The van der Waals surface area contributed by atoms with Crippen molar-refractivity contribution in [3.8, 4) is 23.3 Å². The van der Waals surface area contributed by atoms with E-state index in [-0.39, 0.29) is 21.9 Å². The summed E-state index contributed by atoms with van der Waals surface area (Å²) in [5, 5.41) is 15.7. The third kappa shape index (κ3) is 4.10. The van der Waals surface area contributed by atoms with E-state index < -0.39 is 5.82 Å². The summed E-state index contributed by atoms with van der Waals surface area (Å²) in [7, 11) is 0. The van der Waals surface area contributed by atoms with Crippen LogP contribution in [0.1, 0.15) is 44.2 Å². The Morgan fingerprint density at radius 1 is 1.05 bits per heavy atom. The lowest BCUT2D eigenvalue weighted by atomic mass is 9.95. The highest BCUT2D eigenvalue weighted by Crippen LogP contribution is 2.39. The van der Waals surface area contributed by atoms with Crippen molar-refractivity contribution in [3.63, 3.8) is 0 Å². The number of piperazine rings is 1. The van der Waals surface area contributed by atoms with E-state index in [0.717, 1.165) is 75.8 Å². The summed E-state index contributed by atoms with van der Waals surface area (Å²) in [6.45, 7) is 3.88. The summed E-state index contributed by atoms with van der Waals surface area (Å²) in [4.78, 5) is 24.0. The minimum Gasteiger partial charge on any atom is -0.508 e. The Morgan fingerprint density at radius 2 is 1.81 bits per heavy atom. The van der Waals surface area contributed by atoms with Crippen LogP contribution in [0, 0.1) is 17.7 Å². The molecule has 4 saturated heterocycles. The maximum Gasteiger partial charge on any atom is 0.281 e. The van der Waals surface area contributed by atoms with E-state index in [9.17, 15) is 14.3 Å². The van der Waals surface area contributed by atoms with Crippen LogP contribution >= 0.6 is 11.6 Å². The van der Waals surface area contributed by atoms with Gasteiger partial charge in [0.25, 0.3) is 5.56 Å². The van der Waals surface area contributed by atoms with E-state index in [1.807, 2.05) is 12.1 Å². The van der Waals surface area contributed by atoms with Crippen LogP contribution in [-0.2, 0) is 0 Å². The average molecular weight is 584 g/mol. The van der Waals surface area contributed by atoms with Crippen LogP contribution in [0.15, 0.2) is 47.4 Å². The van der Waals surface area contributed by atoms with Crippen molar-refractivity contribution in [1.29, 1.82) is 0 Å². The zero-order valence-corrected chi connectivity index (χ0v) is 23.9. The maximum absolute atomic E-state index is 14.6. The van der Waals surface area contributed by atoms with Gasteiger partial charge in [-0.25, -0.2) is 9.37 Å². The molecule has 2 aromatic heterocycles. The van der Waals surface area contributed by atoms with Crippen LogP contribution < -0.4 is 15.8 Å². The highest BCUT2D eigenvalue weighted by atomic mass is 35.5. The number of phenols is 1. The highest BCUT2D eigenvalue weighted by molar-refractivity contribution is 6.36. The molecule has 42 heavy (non-hydrogen) atoms. The standard InChI is InChI=1S/C33H31ClFN5O2/c34-30-26(35)6-3-20-15-24(41)17-28(29(20)30)40-14-8-25-27(38-18-22-4-5-23(19-38)36-22)16-21(37-31(25)32(40)42)7-11-33-9-1-12-39(33)13-2-10-33/h3,6,8,14-17,22-23,36,41H,1-2,4-5,9-10,12-13,18-19H2. The van der Waals surface area contributed by atoms with Crippen molar-refractivity contribution >= 4 is 39.0 Å². The second-order valence-corrected chi connectivity index (χ2v) is 12.6. The van der Waals surface area contributed by atoms with E-state index >= 15 is 0 Å². The van der Waals surface area contributed by atoms with Gasteiger partial charge in [0, 0.05) is 53.9 Å². The van der Waals surface area contributed by atoms with Crippen molar-refractivity contribution in [2.24, 2.45) is 0 Å². The second kappa shape index (κ2) is 9.70. The predicted octanol–water partition coefficient (Wildman–Crippen LogP) is 4.96. The van der Waals surface area contributed by atoms with Gasteiger partial charge in [0.15, 0.2) is 0 Å². The molecule has 0 amide bonds. The molecule has 9 heteroatoms. The number of nitrogens with zero attached hydrogens (tertiary/aromatic N) is 4. The van der Waals surface area contributed by atoms with Crippen molar-refractivity contribution in [1.82, 2.24) is 19.8 Å². The second-order valence-electron chi connectivity index (χ2n) is 12.2. The molecule has 2 atom stereocenters. The quantitative estimate of drug-likeness (QED) is 0.325. The molecule has 2 aromatic carbocycles. The maximum atomic E-state index is 14.6. The summed E-state index contributed by atoms with van der Waals surface area (Å²) < 4.78 is 16.0. The molecular formula is C33H31ClFN5O2. The molecule has 0 aliphatic carbocycles. The number of pyridine rings is 2. The third-order valence-corrected chi connectivity index (χ3v) is 10.1. The number of rotatable bonds is 2.